The molecule has 0 radical (unpaired) electrons. The summed E-state index contributed by atoms with van der Waals surface area (Å²) in [4.78, 5) is 10.1. The summed E-state index contributed by atoms with van der Waals surface area (Å²) < 4.78 is 28.0. The number of benzene rings is 2. The third-order valence-electron chi connectivity index (χ3n) is 3.50. The number of hydrogen-bond donors (Lipinski definition) is 2. The molecule has 0 saturated heterocycles. The molecule has 2 aromatic carbocycles. The third-order valence-corrected chi connectivity index (χ3v) is 4.41. The molecule has 2 rings (SSSR count). The van der Waals surface area contributed by atoms with Gasteiger partial charge in [-0.05, 0) is 30.7 Å². The maximum absolute atomic E-state index is 11.3. The van der Waals surface area contributed by atoms with E-state index in [-0.39, 0.29) is 10.6 Å². The predicted molar refractivity (Wildman–Crippen MR) is 97.9 cm³/mol. The molecular formula is C16H18N4O5S. The molecule has 0 saturated carbocycles. The Morgan fingerprint density at radius 1 is 1.31 bits per heavy atom. The minimum Gasteiger partial charge on any atom is -0.496 e. The molecule has 2 aromatic rings. The Morgan fingerprint density at radius 3 is 2.62 bits per heavy atom. The van der Waals surface area contributed by atoms with Crippen LogP contribution in [-0.2, 0) is 16.4 Å². The van der Waals surface area contributed by atoms with Crippen molar-refractivity contribution >= 4 is 27.1 Å². The topological polar surface area (TPSA) is 137 Å². The second kappa shape index (κ2) is 7.93. The number of methoxy groups -OCH3 is 1. The molecule has 10 heteroatoms. The summed E-state index contributed by atoms with van der Waals surface area (Å²) in [7, 11) is -2.47. The van der Waals surface area contributed by atoms with Gasteiger partial charge in [0.15, 0.2) is 0 Å². The van der Waals surface area contributed by atoms with E-state index in [1.165, 1.54) is 12.1 Å². The van der Waals surface area contributed by atoms with E-state index in [2.05, 4.69) is 10.5 Å². The van der Waals surface area contributed by atoms with E-state index in [0.29, 0.717) is 17.9 Å². The molecule has 0 aliphatic carbocycles. The Labute approximate surface area is 150 Å². The molecule has 0 spiro atoms. The normalized spacial score (nSPS) is 11.9. The van der Waals surface area contributed by atoms with E-state index in [1.54, 1.807) is 14.0 Å². The van der Waals surface area contributed by atoms with Gasteiger partial charge in [0.1, 0.15) is 11.4 Å². The molecule has 0 aliphatic rings. The van der Waals surface area contributed by atoms with E-state index in [1.807, 2.05) is 24.3 Å². The van der Waals surface area contributed by atoms with Gasteiger partial charge in [-0.25, -0.2) is 13.6 Å². The first-order chi connectivity index (χ1) is 12.2. The van der Waals surface area contributed by atoms with Crippen LogP contribution in [0.4, 0.5) is 11.4 Å². The number of rotatable bonds is 7. The highest BCUT2D eigenvalue weighted by Gasteiger charge is 2.19. The minimum absolute atomic E-state index is 0.0572. The van der Waals surface area contributed by atoms with Crippen LogP contribution in [0.3, 0.4) is 0 Å². The zero-order valence-electron chi connectivity index (χ0n) is 14.2. The number of nitro groups is 1. The lowest BCUT2D eigenvalue weighted by Gasteiger charge is -2.09. The Hall–Kier alpha value is -2.98. The standard InChI is InChI=1S/C16H18N4O5S/c1-11(9-12-5-3-4-6-16(12)25-2)18-19-14-8-7-13(26(17,23)24)10-15(14)20(21)22/h3-8,10,19H,9H2,1-2H3,(H2,17,23,24)/b18-11-. The van der Waals surface area contributed by atoms with E-state index in [9.17, 15) is 18.5 Å². The first kappa shape index (κ1) is 19.3. The van der Waals surface area contributed by atoms with Gasteiger partial charge in [0.25, 0.3) is 5.69 Å². The fourth-order valence-electron chi connectivity index (χ4n) is 2.25. The lowest BCUT2D eigenvalue weighted by atomic mass is 10.1. The summed E-state index contributed by atoms with van der Waals surface area (Å²) in [6.07, 6.45) is 0.472. The van der Waals surface area contributed by atoms with E-state index < -0.39 is 20.6 Å². The second-order valence-corrected chi connectivity index (χ2v) is 6.99. The van der Waals surface area contributed by atoms with Crippen molar-refractivity contribution in [2.24, 2.45) is 10.2 Å². The highest BCUT2D eigenvalue weighted by molar-refractivity contribution is 7.89. The lowest BCUT2D eigenvalue weighted by Crippen LogP contribution is -2.12. The zero-order valence-corrected chi connectivity index (χ0v) is 15.0. The number of hydrogen-bond acceptors (Lipinski definition) is 7. The third kappa shape index (κ3) is 4.77. The van der Waals surface area contributed by atoms with E-state index in [0.717, 1.165) is 11.6 Å². The van der Waals surface area contributed by atoms with Crippen LogP contribution in [0.1, 0.15) is 12.5 Å². The fourth-order valence-corrected chi connectivity index (χ4v) is 2.79. The highest BCUT2D eigenvalue weighted by atomic mass is 32.2. The van der Waals surface area contributed by atoms with Crippen LogP contribution in [0.25, 0.3) is 0 Å². The number of nitrogens with one attached hydrogen (secondary N) is 1. The number of nitrogens with two attached hydrogens (primary N) is 1. The number of sulfonamides is 1. The van der Waals surface area contributed by atoms with Crippen molar-refractivity contribution in [1.29, 1.82) is 0 Å². The van der Waals surface area contributed by atoms with Gasteiger partial charge >= 0.3 is 0 Å². The zero-order chi connectivity index (χ0) is 19.3. The molecule has 0 aliphatic heterocycles. The minimum atomic E-state index is -4.04. The first-order valence-electron chi connectivity index (χ1n) is 7.44. The van der Waals surface area contributed by atoms with Crippen molar-refractivity contribution in [2.45, 2.75) is 18.2 Å². The monoisotopic (exact) mass is 378 g/mol. The number of hydrazone groups is 1. The molecule has 0 heterocycles. The maximum Gasteiger partial charge on any atom is 0.295 e. The molecular weight excluding hydrogens is 360 g/mol. The van der Waals surface area contributed by atoms with Crippen LogP contribution in [0.2, 0.25) is 0 Å². The highest BCUT2D eigenvalue weighted by Crippen LogP contribution is 2.27. The van der Waals surface area contributed by atoms with Crippen LogP contribution in [0.5, 0.6) is 5.75 Å². The first-order valence-corrected chi connectivity index (χ1v) is 8.99. The summed E-state index contributed by atoms with van der Waals surface area (Å²) in [6.45, 7) is 1.75. The fraction of sp³-hybridized carbons (Fsp3) is 0.188. The van der Waals surface area contributed by atoms with Crippen LogP contribution in [0.15, 0.2) is 52.5 Å². The van der Waals surface area contributed by atoms with Gasteiger partial charge in [0, 0.05) is 18.2 Å². The van der Waals surface area contributed by atoms with Gasteiger partial charge < -0.3 is 4.74 Å². The summed E-state index contributed by atoms with van der Waals surface area (Å²) >= 11 is 0. The molecule has 3 N–H and O–H groups in total. The summed E-state index contributed by atoms with van der Waals surface area (Å²) in [5, 5.41) is 20.3. The molecule has 138 valence electrons. The number of ether oxygens (including phenoxy) is 1. The van der Waals surface area contributed by atoms with Crippen molar-refractivity contribution in [1.82, 2.24) is 0 Å². The molecule has 26 heavy (non-hydrogen) atoms. The van der Waals surface area contributed by atoms with Crippen molar-refractivity contribution in [3.05, 3.63) is 58.1 Å². The molecule has 0 amide bonds. The Balaban J connectivity index is 2.24. The van der Waals surface area contributed by atoms with Crippen molar-refractivity contribution in [3.8, 4) is 5.75 Å². The second-order valence-electron chi connectivity index (χ2n) is 5.43. The quantitative estimate of drug-likeness (QED) is 0.431. The van der Waals surface area contributed by atoms with Gasteiger partial charge in [0.2, 0.25) is 10.0 Å². The van der Waals surface area contributed by atoms with Crippen molar-refractivity contribution < 1.29 is 18.1 Å². The Kier molecular flexibility index (Phi) is 5.90. The smallest absolute Gasteiger partial charge is 0.295 e. The van der Waals surface area contributed by atoms with Crippen LogP contribution < -0.4 is 15.3 Å². The van der Waals surface area contributed by atoms with Crippen molar-refractivity contribution in [3.63, 3.8) is 0 Å². The van der Waals surface area contributed by atoms with Crippen LogP contribution in [-0.4, -0.2) is 26.2 Å². The van der Waals surface area contributed by atoms with Crippen molar-refractivity contribution in [2.75, 3.05) is 12.5 Å². The van der Waals surface area contributed by atoms with E-state index in [4.69, 9.17) is 9.88 Å². The number of nitro benzene ring substituents is 1. The molecule has 0 unspecified atom stereocenters. The molecule has 0 atom stereocenters. The van der Waals surface area contributed by atoms with Crippen LogP contribution in [0, 0.1) is 10.1 Å². The number of anilines is 1. The Bertz CT molecular complexity index is 957. The summed E-state index contributed by atoms with van der Waals surface area (Å²) in [5.41, 5.74) is 3.78. The average Bonchev–Trinajstić information content (AvgIpc) is 2.59. The molecule has 0 aromatic heterocycles. The predicted octanol–water partition coefficient (Wildman–Crippen LogP) is 2.28. The summed E-state index contributed by atoms with van der Waals surface area (Å²) in [6, 6.07) is 10.8. The van der Waals surface area contributed by atoms with Gasteiger partial charge in [-0.3, -0.25) is 15.5 Å². The van der Waals surface area contributed by atoms with E-state index >= 15 is 0 Å². The lowest BCUT2D eigenvalue weighted by molar-refractivity contribution is -0.384. The van der Waals surface area contributed by atoms with Gasteiger partial charge in [-0.2, -0.15) is 5.10 Å². The number of nitrogens with zero attached hydrogens (tertiary/aromatic N) is 2. The number of para-hydroxylation sites is 1. The van der Waals surface area contributed by atoms with Gasteiger partial charge in [-0.1, -0.05) is 18.2 Å². The molecule has 9 nitrogen and oxygen atoms in total. The van der Waals surface area contributed by atoms with Gasteiger partial charge in [0.05, 0.1) is 16.9 Å². The largest absolute Gasteiger partial charge is 0.496 e. The van der Waals surface area contributed by atoms with Gasteiger partial charge in [-0.15, -0.1) is 0 Å². The van der Waals surface area contributed by atoms with Crippen LogP contribution >= 0.6 is 0 Å². The maximum atomic E-state index is 11.3. The Morgan fingerprint density at radius 2 is 2.00 bits per heavy atom. The summed E-state index contributed by atoms with van der Waals surface area (Å²) in [5.74, 6) is 0.713. The number of primary sulfonamides is 1. The molecule has 0 fully saturated rings. The SMILES string of the molecule is COc1ccccc1C/C(C)=N\Nc1ccc(S(N)(=O)=O)cc1[N+](=O)[O-]. The molecule has 0 bridgehead atoms. The average molecular weight is 378 g/mol.